The van der Waals surface area contributed by atoms with Crippen LogP contribution in [0.2, 0.25) is 0 Å². The van der Waals surface area contributed by atoms with Crippen LogP contribution in [0.5, 0.6) is 0 Å². The van der Waals surface area contributed by atoms with E-state index in [1.54, 1.807) is 43.5 Å². The molecule has 2 N–H and O–H groups in total. The number of primary amides is 1. The number of halogens is 1. The minimum Gasteiger partial charge on any atom is -0.366 e. The van der Waals surface area contributed by atoms with Gasteiger partial charge in [0.15, 0.2) is 5.78 Å². The average molecular weight is 465 g/mol. The molecule has 0 spiro atoms. The summed E-state index contributed by atoms with van der Waals surface area (Å²) >= 11 is 0. The van der Waals surface area contributed by atoms with E-state index < -0.39 is 27.0 Å². The number of nitrogens with two attached hydrogens (primary N) is 1. The molecule has 174 valence electrons. The Kier molecular flexibility index (Phi) is 7.16. The van der Waals surface area contributed by atoms with Gasteiger partial charge in [-0.05, 0) is 32.9 Å². The highest BCUT2D eigenvalue weighted by Gasteiger charge is 2.30. The normalized spacial score (nSPS) is 15.9. The molecule has 1 aromatic heterocycles. The number of ketones is 1. The molecule has 0 atom stereocenters. The minimum atomic E-state index is -3.33. The molecular formula is C22H29FN4O4S. The molecule has 2 aromatic rings. The zero-order chi connectivity index (χ0) is 23.6. The van der Waals surface area contributed by atoms with Crippen LogP contribution in [0.1, 0.15) is 46.0 Å². The van der Waals surface area contributed by atoms with Crippen LogP contribution in [0.3, 0.4) is 0 Å². The third kappa shape index (κ3) is 4.92. The van der Waals surface area contributed by atoms with E-state index in [4.69, 9.17) is 5.73 Å². The zero-order valence-electron chi connectivity index (χ0n) is 18.5. The van der Waals surface area contributed by atoms with E-state index in [-0.39, 0.29) is 30.1 Å². The topological polar surface area (TPSA) is 106 Å². The molecule has 2 heterocycles. The molecule has 0 saturated carbocycles. The molecule has 0 radical (unpaired) electrons. The zero-order valence-corrected chi connectivity index (χ0v) is 19.4. The monoisotopic (exact) mass is 464 g/mol. The molecule has 1 fully saturated rings. The molecule has 8 nitrogen and oxygen atoms in total. The van der Waals surface area contributed by atoms with Crippen LogP contribution in [-0.4, -0.2) is 71.9 Å². The van der Waals surface area contributed by atoms with Gasteiger partial charge in [0.1, 0.15) is 5.82 Å². The highest BCUT2D eigenvalue weighted by molar-refractivity contribution is 7.89. The smallest absolute Gasteiger partial charge is 0.250 e. The van der Waals surface area contributed by atoms with Crippen molar-refractivity contribution < 1.29 is 22.4 Å². The first kappa shape index (κ1) is 24.1. The van der Waals surface area contributed by atoms with E-state index in [0.29, 0.717) is 37.4 Å². The van der Waals surface area contributed by atoms with Crippen molar-refractivity contribution in [3.63, 3.8) is 0 Å². The molecular weight excluding hydrogens is 435 g/mol. The van der Waals surface area contributed by atoms with Gasteiger partial charge in [0.05, 0.1) is 29.6 Å². The number of Topliss-reactive ketones (excluding diaryl/α,β-unsaturated/α-hetero) is 1. The standard InChI is InChI=1S/C22H29FN4O4S/c1-15(2)32(30,31)26-10-8-25(9-11-26)14-21(28)20-12-18(22(24)29)16(3)27(20)13-17-6-4-5-7-19(17)23/h4-7,12,15H,8-11,13-14H2,1-3H3,(H2,24,29). The summed E-state index contributed by atoms with van der Waals surface area (Å²) in [5.41, 5.74) is 6.86. The lowest BCUT2D eigenvalue weighted by atomic mass is 10.2. The third-order valence-corrected chi connectivity index (χ3v) is 8.13. The first-order valence-corrected chi connectivity index (χ1v) is 12.0. The van der Waals surface area contributed by atoms with Crippen LogP contribution in [0.4, 0.5) is 4.39 Å². The van der Waals surface area contributed by atoms with Gasteiger partial charge in [0.2, 0.25) is 10.0 Å². The van der Waals surface area contributed by atoms with Crippen LogP contribution >= 0.6 is 0 Å². The van der Waals surface area contributed by atoms with Crippen molar-refractivity contribution in [3.8, 4) is 0 Å². The number of hydrogen-bond donors (Lipinski definition) is 1. The summed E-state index contributed by atoms with van der Waals surface area (Å²) in [6, 6.07) is 7.72. The van der Waals surface area contributed by atoms with Crippen molar-refractivity contribution in [2.45, 2.75) is 32.6 Å². The number of carbonyl (C=O) groups excluding carboxylic acids is 2. The Morgan fingerprint density at radius 2 is 1.75 bits per heavy atom. The summed E-state index contributed by atoms with van der Waals surface area (Å²) in [6.45, 7) is 6.60. The quantitative estimate of drug-likeness (QED) is 0.598. The Morgan fingerprint density at radius 3 is 2.31 bits per heavy atom. The highest BCUT2D eigenvalue weighted by Crippen LogP contribution is 2.20. The van der Waals surface area contributed by atoms with E-state index in [2.05, 4.69) is 0 Å². The summed E-state index contributed by atoms with van der Waals surface area (Å²) in [4.78, 5) is 26.9. The number of nitrogens with zero attached hydrogens (tertiary/aromatic N) is 3. The highest BCUT2D eigenvalue weighted by atomic mass is 32.2. The van der Waals surface area contributed by atoms with Gasteiger partial charge in [0, 0.05) is 37.4 Å². The summed E-state index contributed by atoms with van der Waals surface area (Å²) in [7, 11) is -3.33. The molecule has 1 aliphatic heterocycles. The summed E-state index contributed by atoms with van der Waals surface area (Å²) < 4.78 is 42.0. The van der Waals surface area contributed by atoms with Crippen LogP contribution < -0.4 is 5.73 Å². The van der Waals surface area contributed by atoms with Crippen molar-refractivity contribution >= 4 is 21.7 Å². The molecule has 0 unspecified atom stereocenters. The van der Waals surface area contributed by atoms with Crippen LogP contribution in [-0.2, 0) is 16.6 Å². The molecule has 3 rings (SSSR count). The van der Waals surface area contributed by atoms with Crippen molar-refractivity contribution in [2.24, 2.45) is 5.73 Å². The van der Waals surface area contributed by atoms with Gasteiger partial charge in [-0.15, -0.1) is 0 Å². The number of amides is 1. The maximum atomic E-state index is 14.2. The lowest BCUT2D eigenvalue weighted by molar-refractivity contribution is 0.0892. The van der Waals surface area contributed by atoms with Gasteiger partial charge < -0.3 is 10.3 Å². The molecule has 32 heavy (non-hydrogen) atoms. The van der Waals surface area contributed by atoms with E-state index >= 15 is 0 Å². The molecule has 10 heteroatoms. The van der Waals surface area contributed by atoms with Crippen molar-refractivity contribution in [1.82, 2.24) is 13.8 Å². The lowest BCUT2D eigenvalue weighted by Crippen LogP contribution is -2.51. The van der Waals surface area contributed by atoms with E-state index in [1.165, 1.54) is 16.4 Å². The first-order chi connectivity index (χ1) is 15.0. The second-order valence-electron chi connectivity index (χ2n) is 8.26. The fraction of sp³-hybridized carbons (Fsp3) is 0.455. The van der Waals surface area contributed by atoms with Crippen molar-refractivity contribution in [2.75, 3.05) is 32.7 Å². The second kappa shape index (κ2) is 9.51. The Hall–Kier alpha value is -2.56. The number of hydrogen-bond acceptors (Lipinski definition) is 5. The Balaban J connectivity index is 1.79. The number of rotatable bonds is 8. The maximum Gasteiger partial charge on any atom is 0.250 e. The van der Waals surface area contributed by atoms with E-state index in [1.807, 2.05) is 4.90 Å². The van der Waals surface area contributed by atoms with Crippen molar-refractivity contribution in [3.05, 3.63) is 58.7 Å². The Morgan fingerprint density at radius 1 is 1.12 bits per heavy atom. The lowest BCUT2D eigenvalue weighted by Gasteiger charge is -2.34. The second-order valence-corrected chi connectivity index (χ2v) is 10.8. The number of aromatic nitrogens is 1. The maximum absolute atomic E-state index is 14.2. The predicted molar refractivity (Wildman–Crippen MR) is 120 cm³/mol. The molecule has 0 bridgehead atoms. The molecule has 1 aliphatic rings. The van der Waals surface area contributed by atoms with Gasteiger partial charge in [-0.25, -0.2) is 12.8 Å². The number of benzene rings is 1. The Labute approximate surface area is 187 Å². The van der Waals surface area contributed by atoms with E-state index in [9.17, 15) is 22.4 Å². The van der Waals surface area contributed by atoms with Crippen LogP contribution in [0, 0.1) is 12.7 Å². The summed E-state index contributed by atoms with van der Waals surface area (Å²) in [5, 5.41) is -0.493. The van der Waals surface area contributed by atoms with E-state index in [0.717, 1.165) is 0 Å². The van der Waals surface area contributed by atoms with Crippen molar-refractivity contribution in [1.29, 1.82) is 0 Å². The fourth-order valence-corrected chi connectivity index (χ4v) is 5.12. The van der Waals surface area contributed by atoms with Gasteiger partial charge in [0.25, 0.3) is 5.91 Å². The predicted octanol–water partition coefficient (Wildman–Crippen LogP) is 1.62. The Bertz CT molecular complexity index is 1120. The van der Waals surface area contributed by atoms with Gasteiger partial charge in [-0.3, -0.25) is 14.5 Å². The molecule has 1 amide bonds. The van der Waals surface area contributed by atoms with Crippen LogP contribution in [0.15, 0.2) is 30.3 Å². The largest absolute Gasteiger partial charge is 0.366 e. The first-order valence-electron chi connectivity index (χ1n) is 10.5. The SMILES string of the molecule is Cc1c(C(N)=O)cc(C(=O)CN2CCN(S(=O)(=O)C(C)C)CC2)n1Cc1ccccc1F. The van der Waals surface area contributed by atoms with Gasteiger partial charge in [-0.2, -0.15) is 4.31 Å². The fourth-order valence-electron chi connectivity index (χ4n) is 3.85. The minimum absolute atomic E-state index is 0.0640. The van der Waals surface area contributed by atoms with Crippen LogP contribution in [0.25, 0.3) is 0 Å². The molecule has 0 aliphatic carbocycles. The van der Waals surface area contributed by atoms with Gasteiger partial charge >= 0.3 is 0 Å². The number of piperazine rings is 1. The average Bonchev–Trinajstić information content (AvgIpc) is 3.06. The number of carbonyl (C=O) groups is 2. The third-order valence-electron chi connectivity index (χ3n) is 5.86. The summed E-state index contributed by atoms with van der Waals surface area (Å²) in [6.07, 6.45) is 0. The number of sulfonamides is 1. The molecule has 1 aromatic carbocycles. The molecule has 1 saturated heterocycles. The van der Waals surface area contributed by atoms with Gasteiger partial charge in [-0.1, -0.05) is 18.2 Å². The summed E-state index contributed by atoms with van der Waals surface area (Å²) in [5.74, 6) is -1.30.